The van der Waals surface area contributed by atoms with Crippen LogP contribution in [-0.4, -0.2) is 25.2 Å². The van der Waals surface area contributed by atoms with Crippen molar-refractivity contribution < 1.29 is 8.42 Å². The van der Waals surface area contributed by atoms with Gasteiger partial charge in [-0.15, -0.1) is 11.3 Å². The Morgan fingerprint density at radius 2 is 2.35 bits per heavy atom. The normalized spacial score (nSPS) is 25.6. The Hall–Kier alpha value is -0.460. The van der Waals surface area contributed by atoms with E-state index in [1.165, 1.54) is 11.3 Å². The van der Waals surface area contributed by atoms with Gasteiger partial charge < -0.3 is 5.73 Å². The van der Waals surface area contributed by atoms with Crippen LogP contribution in [0.25, 0.3) is 0 Å². The highest BCUT2D eigenvalue weighted by atomic mass is 32.2. The largest absolute Gasteiger partial charge is 0.328 e. The summed E-state index contributed by atoms with van der Waals surface area (Å²) in [6.07, 6.45) is 5.02. The van der Waals surface area contributed by atoms with Crippen LogP contribution >= 0.6 is 11.3 Å². The number of hydrogen-bond acceptors (Lipinski definition) is 5. The van der Waals surface area contributed by atoms with E-state index in [4.69, 9.17) is 5.73 Å². The third-order valence-corrected chi connectivity index (χ3v) is 6.41. The molecule has 1 aliphatic heterocycles. The molecule has 96 valence electrons. The molecule has 2 heterocycles. The first-order valence-corrected chi connectivity index (χ1v) is 8.44. The fourth-order valence-electron chi connectivity index (χ4n) is 2.12. The second-order valence-electron chi connectivity index (χ2n) is 4.70. The average Bonchev–Trinajstić information content (AvgIpc) is 2.64. The van der Waals surface area contributed by atoms with Crippen molar-refractivity contribution in [1.29, 1.82) is 0 Å². The molecule has 0 saturated carbocycles. The van der Waals surface area contributed by atoms with Crippen molar-refractivity contribution in [3.63, 3.8) is 0 Å². The van der Waals surface area contributed by atoms with E-state index >= 15 is 0 Å². The monoisotopic (exact) mass is 274 g/mol. The third kappa shape index (κ3) is 3.05. The maximum Gasteiger partial charge on any atom is 0.159 e. The van der Waals surface area contributed by atoms with Crippen LogP contribution in [0, 0.1) is 0 Å². The minimum atomic E-state index is -2.98. The molecule has 17 heavy (non-hydrogen) atoms. The molecule has 1 aliphatic rings. The molecule has 2 unspecified atom stereocenters. The van der Waals surface area contributed by atoms with Crippen molar-refractivity contribution in [2.75, 3.05) is 5.75 Å². The van der Waals surface area contributed by atoms with E-state index in [0.29, 0.717) is 12.2 Å². The zero-order valence-corrected chi connectivity index (χ0v) is 11.6. The first-order chi connectivity index (χ1) is 7.99. The van der Waals surface area contributed by atoms with Crippen molar-refractivity contribution >= 4 is 21.2 Å². The molecule has 0 radical (unpaired) electrons. The van der Waals surface area contributed by atoms with Gasteiger partial charge >= 0.3 is 0 Å². The number of nitrogens with two attached hydrogens (primary N) is 1. The summed E-state index contributed by atoms with van der Waals surface area (Å²) >= 11 is 1.50. The fourth-order valence-corrected chi connectivity index (χ4v) is 5.56. The Kier molecular flexibility index (Phi) is 3.85. The summed E-state index contributed by atoms with van der Waals surface area (Å²) in [4.78, 5) is 5.35. The number of hydrogen-bond donors (Lipinski definition) is 1. The van der Waals surface area contributed by atoms with Crippen LogP contribution < -0.4 is 5.73 Å². The molecule has 2 N–H and O–H groups in total. The molecule has 1 saturated heterocycles. The van der Waals surface area contributed by atoms with Crippen LogP contribution in [0.4, 0.5) is 0 Å². The summed E-state index contributed by atoms with van der Waals surface area (Å²) in [5.74, 6) is 0.305. The second-order valence-corrected chi connectivity index (χ2v) is 8.15. The van der Waals surface area contributed by atoms with Gasteiger partial charge in [0.1, 0.15) is 10.3 Å². The topological polar surface area (TPSA) is 73.0 Å². The van der Waals surface area contributed by atoms with E-state index in [1.807, 2.05) is 6.92 Å². The van der Waals surface area contributed by atoms with Crippen molar-refractivity contribution in [1.82, 2.24) is 4.98 Å². The van der Waals surface area contributed by atoms with E-state index in [0.717, 1.165) is 29.1 Å². The molecule has 0 amide bonds. The van der Waals surface area contributed by atoms with Gasteiger partial charge in [0.15, 0.2) is 9.84 Å². The molecule has 0 aliphatic carbocycles. The van der Waals surface area contributed by atoms with Gasteiger partial charge in [0, 0.05) is 17.1 Å². The summed E-state index contributed by atoms with van der Waals surface area (Å²) in [6, 6.07) is 0.0891. The Morgan fingerprint density at radius 3 is 3.00 bits per heavy atom. The van der Waals surface area contributed by atoms with Crippen molar-refractivity contribution in [3.05, 3.63) is 16.1 Å². The number of aromatic nitrogens is 1. The lowest BCUT2D eigenvalue weighted by atomic mass is 10.2. The number of sulfone groups is 1. The van der Waals surface area contributed by atoms with Crippen LogP contribution in [0.5, 0.6) is 0 Å². The second kappa shape index (κ2) is 5.04. The van der Waals surface area contributed by atoms with Gasteiger partial charge in [-0.3, -0.25) is 0 Å². The van der Waals surface area contributed by atoms with E-state index < -0.39 is 9.84 Å². The lowest BCUT2D eigenvalue weighted by Crippen LogP contribution is -2.21. The van der Waals surface area contributed by atoms with E-state index in [1.54, 1.807) is 6.20 Å². The van der Waals surface area contributed by atoms with E-state index in [9.17, 15) is 8.42 Å². The van der Waals surface area contributed by atoms with Crippen LogP contribution in [0.1, 0.15) is 41.3 Å². The molecule has 0 aromatic carbocycles. The first-order valence-electron chi connectivity index (χ1n) is 5.91. The zero-order chi connectivity index (χ0) is 12.5. The summed E-state index contributed by atoms with van der Waals surface area (Å²) in [5.41, 5.74) is 5.73. The summed E-state index contributed by atoms with van der Waals surface area (Å²) in [6.45, 7) is 1.94. The molecule has 2 atom stereocenters. The van der Waals surface area contributed by atoms with Gasteiger partial charge in [0.25, 0.3) is 0 Å². The molecule has 2 rings (SSSR count). The Labute approximate surface area is 106 Å². The average molecular weight is 274 g/mol. The highest BCUT2D eigenvalue weighted by Crippen LogP contribution is 2.35. The molecule has 1 aromatic rings. The molecule has 0 spiro atoms. The molecule has 1 fully saturated rings. The smallest absolute Gasteiger partial charge is 0.159 e. The third-order valence-electron chi connectivity index (χ3n) is 2.95. The van der Waals surface area contributed by atoms with Crippen LogP contribution in [0.3, 0.4) is 0 Å². The Morgan fingerprint density at radius 1 is 1.59 bits per heavy atom. The van der Waals surface area contributed by atoms with Crippen molar-refractivity contribution in [2.45, 2.75) is 43.9 Å². The molecule has 0 bridgehead atoms. The summed E-state index contributed by atoms with van der Waals surface area (Å²) in [5, 5.41) is 0.378. The lowest BCUT2D eigenvalue weighted by molar-refractivity contribution is 0.545. The molecule has 6 heteroatoms. The highest BCUT2D eigenvalue weighted by Gasteiger charge is 2.32. The van der Waals surface area contributed by atoms with Gasteiger partial charge in [0.2, 0.25) is 0 Å². The predicted octanol–water partition coefficient (Wildman–Crippen LogP) is 1.67. The minimum absolute atomic E-state index is 0.0891. The van der Waals surface area contributed by atoms with Gasteiger partial charge in [-0.25, -0.2) is 13.4 Å². The standard InChI is InChI=1S/C11H18N2O2S2/c1-8(12)6-9-7-13-11(16-9)10-4-2-3-5-17(10,14)15/h7-8,10H,2-6,12H2,1H3. The minimum Gasteiger partial charge on any atom is -0.328 e. The van der Waals surface area contributed by atoms with Crippen LogP contribution in [-0.2, 0) is 16.3 Å². The SMILES string of the molecule is CC(N)Cc1cnc(C2CCCCS2(=O)=O)s1. The summed E-state index contributed by atoms with van der Waals surface area (Å²) in [7, 11) is -2.98. The molecular formula is C11H18N2O2S2. The van der Waals surface area contributed by atoms with Gasteiger partial charge in [-0.1, -0.05) is 6.42 Å². The van der Waals surface area contributed by atoms with Gasteiger partial charge in [-0.05, 0) is 26.2 Å². The van der Waals surface area contributed by atoms with E-state index in [2.05, 4.69) is 4.98 Å². The quantitative estimate of drug-likeness (QED) is 0.910. The van der Waals surface area contributed by atoms with Gasteiger partial charge in [0.05, 0.1) is 5.75 Å². The number of thiazole rings is 1. The van der Waals surface area contributed by atoms with Crippen LogP contribution in [0.2, 0.25) is 0 Å². The Bertz CT molecular complexity index is 479. The highest BCUT2D eigenvalue weighted by molar-refractivity contribution is 7.91. The van der Waals surface area contributed by atoms with Crippen LogP contribution in [0.15, 0.2) is 6.20 Å². The molecule has 1 aromatic heterocycles. The number of nitrogens with zero attached hydrogens (tertiary/aromatic N) is 1. The van der Waals surface area contributed by atoms with Crippen molar-refractivity contribution in [3.8, 4) is 0 Å². The van der Waals surface area contributed by atoms with E-state index in [-0.39, 0.29) is 11.3 Å². The van der Waals surface area contributed by atoms with Gasteiger partial charge in [-0.2, -0.15) is 0 Å². The molecular weight excluding hydrogens is 256 g/mol. The Balaban J connectivity index is 2.19. The lowest BCUT2D eigenvalue weighted by Gasteiger charge is -2.19. The first kappa shape index (κ1) is 13.0. The fraction of sp³-hybridized carbons (Fsp3) is 0.727. The zero-order valence-electron chi connectivity index (χ0n) is 9.93. The van der Waals surface area contributed by atoms with Crippen molar-refractivity contribution in [2.24, 2.45) is 5.73 Å². The molecule has 4 nitrogen and oxygen atoms in total. The predicted molar refractivity (Wildman–Crippen MR) is 69.8 cm³/mol. The summed E-state index contributed by atoms with van der Waals surface area (Å²) < 4.78 is 23.9. The number of rotatable bonds is 3. The maximum absolute atomic E-state index is 12.0. The maximum atomic E-state index is 12.0.